The summed E-state index contributed by atoms with van der Waals surface area (Å²) in [7, 11) is 0. The lowest BCUT2D eigenvalue weighted by Crippen LogP contribution is -2.24. The lowest BCUT2D eigenvalue weighted by atomic mass is 10.0. The van der Waals surface area contributed by atoms with Crippen LogP contribution in [0.25, 0.3) is 11.5 Å². The number of amides is 1. The summed E-state index contributed by atoms with van der Waals surface area (Å²) in [5.41, 5.74) is 1.07. The molecule has 3 aromatic rings. The zero-order chi connectivity index (χ0) is 20.3. The summed E-state index contributed by atoms with van der Waals surface area (Å²) in [6.45, 7) is 4.46. The zero-order valence-corrected chi connectivity index (χ0v) is 16.2. The van der Waals surface area contributed by atoms with E-state index in [9.17, 15) is 4.79 Å². The number of furan rings is 1. The molecule has 0 radical (unpaired) electrons. The van der Waals surface area contributed by atoms with Crippen LogP contribution in [0.2, 0.25) is 0 Å². The number of ether oxygens (including phenoxy) is 2. The minimum atomic E-state index is -0.377. The second kappa shape index (κ2) is 7.76. The van der Waals surface area contributed by atoms with Gasteiger partial charge in [-0.25, -0.2) is 0 Å². The molecule has 1 aliphatic rings. The molecule has 148 valence electrons. The molecule has 0 atom stereocenters. The van der Waals surface area contributed by atoms with Gasteiger partial charge in [0.2, 0.25) is 5.76 Å². The molecule has 0 unspecified atom stereocenters. The second-order valence-electron chi connectivity index (χ2n) is 7.16. The van der Waals surface area contributed by atoms with Crippen molar-refractivity contribution in [2.75, 3.05) is 13.2 Å². The highest BCUT2D eigenvalue weighted by molar-refractivity contribution is 5.93. The second-order valence-corrected chi connectivity index (χ2v) is 7.16. The Morgan fingerprint density at radius 2 is 2.14 bits per heavy atom. The van der Waals surface area contributed by atoms with Crippen LogP contribution < -0.4 is 14.8 Å². The first-order valence-electron chi connectivity index (χ1n) is 9.20. The fourth-order valence-corrected chi connectivity index (χ4v) is 3.06. The van der Waals surface area contributed by atoms with Crippen molar-refractivity contribution in [3.63, 3.8) is 0 Å². The van der Waals surface area contributed by atoms with Gasteiger partial charge >= 0.3 is 0 Å². The number of hydrogen-bond donors (Lipinski definition) is 1. The summed E-state index contributed by atoms with van der Waals surface area (Å²) >= 11 is 0. The molecule has 3 heterocycles. The highest BCUT2D eigenvalue weighted by Crippen LogP contribution is 2.41. The van der Waals surface area contributed by atoms with E-state index in [2.05, 4.69) is 22.3 Å². The smallest absolute Gasteiger partial charge is 0.274 e. The number of nitrogens with one attached hydrogen (secondary N) is 1. The molecule has 0 spiro atoms. The molecule has 7 heteroatoms. The van der Waals surface area contributed by atoms with Gasteiger partial charge < -0.3 is 23.7 Å². The average Bonchev–Trinajstić information content (AvgIpc) is 3.41. The van der Waals surface area contributed by atoms with Crippen LogP contribution >= 0.6 is 0 Å². The third kappa shape index (κ3) is 4.27. The van der Waals surface area contributed by atoms with Gasteiger partial charge in [0.05, 0.1) is 12.8 Å². The highest BCUT2D eigenvalue weighted by atomic mass is 16.5. The first kappa shape index (κ1) is 18.7. The zero-order valence-electron chi connectivity index (χ0n) is 16.2. The monoisotopic (exact) mass is 392 g/mol. The van der Waals surface area contributed by atoms with Crippen LogP contribution in [0.3, 0.4) is 0 Å². The van der Waals surface area contributed by atoms with Crippen molar-refractivity contribution >= 4 is 5.91 Å². The van der Waals surface area contributed by atoms with Gasteiger partial charge in [-0.05, 0) is 32.0 Å². The van der Waals surface area contributed by atoms with Crippen molar-refractivity contribution in [2.24, 2.45) is 0 Å². The predicted octanol–water partition coefficient (Wildman–Crippen LogP) is 3.46. The number of aromatic nitrogens is 1. The fourth-order valence-electron chi connectivity index (χ4n) is 3.06. The topological polar surface area (TPSA) is 86.7 Å². The van der Waals surface area contributed by atoms with Gasteiger partial charge in [-0.1, -0.05) is 29.1 Å². The van der Waals surface area contributed by atoms with Crippen molar-refractivity contribution in [2.45, 2.75) is 25.9 Å². The normalized spacial score (nSPS) is 13.7. The van der Waals surface area contributed by atoms with Gasteiger partial charge in [-0.2, -0.15) is 0 Å². The largest absolute Gasteiger partial charge is 0.483 e. The van der Waals surface area contributed by atoms with Crippen molar-refractivity contribution in [3.05, 3.63) is 53.9 Å². The Bertz CT molecular complexity index is 1070. The van der Waals surface area contributed by atoms with Crippen LogP contribution in [0.15, 0.2) is 51.6 Å². The summed E-state index contributed by atoms with van der Waals surface area (Å²) in [4.78, 5) is 12.1. The standard InChI is InChI=1S/C22H20N2O5/c1-22(2)14-15-7-5-8-18(20(15)28-22)27-11-4-3-10-23-21(25)16-13-19(29-24-16)17-9-6-12-26-17/h5-9,12-13H,10-11,14H2,1-2H3,(H,23,25). The number of fused-ring (bicyclic) bond motifs is 1. The molecule has 1 aromatic carbocycles. The Kier molecular flexibility index (Phi) is 5.00. The van der Waals surface area contributed by atoms with Crippen LogP contribution in [0, 0.1) is 11.8 Å². The summed E-state index contributed by atoms with van der Waals surface area (Å²) < 4.78 is 22.0. The molecule has 1 N–H and O–H groups in total. The summed E-state index contributed by atoms with van der Waals surface area (Å²) in [5, 5.41) is 6.40. The highest BCUT2D eigenvalue weighted by Gasteiger charge is 2.32. The maximum Gasteiger partial charge on any atom is 0.274 e. The van der Waals surface area contributed by atoms with Crippen LogP contribution in [-0.4, -0.2) is 29.8 Å². The maximum atomic E-state index is 12.1. The molecule has 29 heavy (non-hydrogen) atoms. The fraction of sp³-hybridized carbons (Fsp3) is 0.273. The number of carbonyl (C=O) groups is 1. The quantitative estimate of drug-likeness (QED) is 0.669. The number of rotatable bonds is 5. The van der Waals surface area contributed by atoms with Gasteiger partial charge in [0.25, 0.3) is 5.91 Å². The van der Waals surface area contributed by atoms with Crippen LogP contribution in [0.1, 0.15) is 29.9 Å². The van der Waals surface area contributed by atoms with Gasteiger partial charge in [0, 0.05) is 18.1 Å². The van der Waals surface area contributed by atoms with Gasteiger partial charge in [0.1, 0.15) is 12.2 Å². The number of benzene rings is 1. The molecule has 1 aliphatic heterocycles. The van der Waals surface area contributed by atoms with Crippen LogP contribution in [0.5, 0.6) is 11.5 Å². The summed E-state index contributed by atoms with van der Waals surface area (Å²) in [5.74, 6) is 7.71. The molecule has 0 saturated heterocycles. The average molecular weight is 392 g/mol. The molecular weight excluding hydrogens is 372 g/mol. The molecule has 7 nitrogen and oxygen atoms in total. The molecule has 4 rings (SSSR count). The van der Waals surface area contributed by atoms with E-state index in [1.807, 2.05) is 32.0 Å². The molecule has 2 aromatic heterocycles. The third-order valence-corrected chi connectivity index (χ3v) is 4.32. The minimum absolute atomic E-state index is 0.161. The SMILES string of the molecule is CC1(C)Cc2cccc(OCC#CCNC(=O)c3cc(-c4ccco4)on3)c2O1. The molecular formula is C22H20N2O5. The van der Waals surface area contributed by atoms with Gasteiger partial charge in [-0.3, -0.25) is 4.79 Å². The summed E-state index contributed by atoms with van der Waals surface area (Å²) in [6, 6.07) is 10.8. The van der Waals surface area contributed by atoms with E-state index in [4.69, 9.17) is 18.4 Å². The van der Waals surface area contributed by atoms with E-state index in [0.29, 0.717) is 17.3 Å². The molecule has 1 amide bonds. The third-order valence-electron chi connectivity index (χ3n) is 4.32. The predicted molar refractivity (Wildman–Crippen MR) is 105 cm³/mol. The number of nitrogens with zero attached hydrogens (tertiary/aromatic N) is 1. The Labute approximate surface area is 168 Å². The van der Waals surface area contributed by atoms with Gasteiger partial charge in [0.15, 0.2) is 23.0 Å². The van der Waals surface area contributed by atoms with Crippen molar-refractivity contribution in [1.82, 2.24) is 10.5 Å². The van der Waals surface area contributed by atoms with Gasteiger partial charge in [-0.15, -0.1) is 0 Å². The van der Waals surface area contributed by atoms with Crippen molar-refractivity contribution in [3.8, 4) is 34.9 Å². The molecule has 0 bridgehead atoms. The maximum absolute atomic E-state index is 12.1. The van der Waals surface area contributed by atoms with Crippen LogP contribution in [0.4, 0.5) is 0 Å². The number of carbonyl (C=O) groups excluding carboxylic acids is 1. The Balaban J connectivity index is 1.26. The number of para-hydroxylation sites is 1. The lowest BCUT2D eigenvalue weighted by molar-refractivity contribution is 0.0949. The summed E-state index contributed by atoms with van der Waals surface area (Å²) in [6.07, 6.45) is 2.37. The van der Waals surface area contributed by atoms with Crippen LogP contribution in [-0.2, 0) is 6.42 Å². The Morgan fingerprint density at radius 3 is 2.97 bits per heavy atom. The van der Waals surface area contributed by atoms with E-state index < -0.39 is 0 Å². The first-order chi connectivity index (χ1) is 14.0. The van der Waals surface area contributed by atoms with E-state index in [1.165, 1.54) is 12.3 Å². The molecule has 0 aliphatic carbocycles. The van der Waals surface area contributed by atoms with Crippen molar-refractivity contribution in [1.29, 1.82) is 0 Å². The molecule has 0 saturated carbocycles. The number of hydrogen-bond acceptors (Lipinski definition) is 6. The molecule has 0 fully saturated rings. The lowest BCUT2D eigenvalue weighted by Gasteiger charge is -2.17. The Morgan fingerprint density at radius 1 is 1.24 bits per heavy atom. The van der Waals surface area contributed by atoms with E-state index in [-0.39, 0.29) is 30.4 Å². The minimum Gasteiger partial charge on any atom is -0.483 e. The van der Waals surface area contributed by atoms with Crippen molar-refractivity contribution < 1.29 is 23.2 Å². The van der Waals surface area contributed by atoms with E-state index in [0.717, 1.165) is 17.7 Å². The van der Waals surface area contributed by atoms with E-state index >= 15 is 0 Å². The Hall–Kier alpha value is -3.66. The first-order valence-corrected chi connectivity index (χ1v) is 9.20. The van der Waals surface area contributed by atoms with E-state index in [1.54, 1.807) is 12.1 Å².